The predicted molar refractivity (Wildman–Crippen MR) is 174 cm³/mol. The molecule has 4 aromatic carbocycles. The minimum absolute atomic E-state index is 0.468. The van der Waals surface area contributed by atoms with Gasteiger partial charge in [-0.1, -0.05) is 141 Å². The van der Waals surface area contributed by atoms with Gasteiger partial charge in [-0.25, -0.2) is 0 Å². The standard InChI is InChI=1S/C39H48N2/c1-6-16-34(17-7-1)26-30-40(31-27-35-18-8-2-9-19-35)39(38-24-14-5-15-25-38)41(32-28-36-20-10-3-11-21-36)33-29-37-22-12-4-13-23-37/h1-4,6-13,16-23,38-39H,5,14-15,24-33H2. The van der Waals surface area contributed by atoms with Gasteiger partial charge in [-0.05, 0) is 66.7 Å². The molecule has 4 aromatic rings. The highest BCUT2D eigenvalue weighted by Crippen LogP contribution is 2.32. The van der Waals surface area contributed by atoms with Gasteiger partial charge in [0.1, 0.15) is 0 Å². The molecule has 1 saturated carbocycles. The summed E-state index contributed by atoms with van der Waals surface area (Å²) in [6.45, 7) is 4.41. The van der Waals surface area contributed by atoms with Gasteiger partial charge in [-0.2, -0.15) is 0 Å². The van der Waals surface area contributed by atoms with Crippen LogP contribution in [0, 0.1) is 5.92 Å². The van der Waals surface area contributed by atoms with Gasteiger partial charge in [-0.3, -0.25) is 9.80 Å². The highest BCUT2D eigenvalue weighted by Gasteiger charge is 2.33. The van der Waals surface area contributed by atoms with Crippen molar-refractivity contribution in [2.24, 2.45) is 5.92 Å². The van der Waals surface area contributed by atoms with Gasteiger partial charge in [0.15, 0.2) is 0 Å². The Hall–Kier alpha value is -3.20. The van der Waals surface area contributed by atoms with Gasteiger partial charge in [0.2, 0.25) is 0 Å². The number of nitrogens with zero attached hydrogens (tertiary/aromatic N) is 2. The maximum atomic E-state index is 2.88. The Kier molecular flexibility index (Phi) is 11.6. The number of hydrogen-bond acceptors (Lipinski definition) is 2. The van der Waals surface area contributed by atoms with Gasteiger partial charge in [0.05, 0.1) is 6.17 Å². The van der Waals surface area contributed by atoms with Crippen molar-refractivity contribution in [2.45, 2.75) is 64.0 Å². The monoisotopic (exact) mass is 544 g/mol. The summed E-state index contributed by atoms with van der Waals surface area (Å²) in [5, 5.41) is 0. The van der Waals surface area contributed by atoms with Crippen molar-refractivity contribution < 1.29 is 0 Å². The van der Waals surface area contributed by atoms with E-state index in [1.165, 1.54) is 54.4 Å². The average Bonchev–Trinajstić information content (AvgIpc) is 3.05. The van der Waals surface area contributed by atoms with Crippen molar-refractivity contribution >= 4 is 0 Å². The molecular formula is C39H48N2. The quantitative estimate of drug-likeness (QED) is 0.139. The van der Waals surface area contributed by atoms with E-state index in [1.54, 1.807) is 0 Å². The minimum Gasteiger partial charge on any atom is -0.287 e. The Morgan fingerprint density at radius 2 is 0.707 bits per heavy atom. The fraction of sp³-hybridized carbons (Fsp3) is 0.385. The number of hydrogen-bond donors (Lipinski definition) is 0. The van der Waals surface area contributed by atoms with E-state index in [0.29, 0.717) is 6.17 Å². The highest BCUT2D eigenvalue weighted by atomic mass is 15.4. The summed E-state index contributed by atoms with van der Waals surface area (Å²) in [4.78, 5) is 5.76. The van der Waals surface area contributed by atoms with E-state index in [2.05, 4.69) is 131 Å². The van der Waals surface area contributed by atoms with Gasteiger partial charge < -0.3 is 0 Å². The Balaban J connectivity index is 1.43. The molecule has 0 saturated heterocycles. The third kappa shape index (κ3) is 9.42. The second-order valence-electron chi connectivity index (χ2n) is 11.8. The minimum atomic E-state index is 0.468. The molecule has 1 aliphatic carbocycles. The Bertz CT molecular complexity index is 1040. The molecule has 214 valence electrons. The van der Waals surface area contributed by atoms with Crippen molar-refractivity contribution in [1.29, 1.82) is 0 Å². The molecule has 0 unspecified atom stereocenters. The van der Waals surface area contributed by atoms with Crippen molar-refractivity contribution in [3.05, 3.63) is 144 Å². The van der Waals surface area contributed by atoms with Crippen LogP contribution in [-0.4, -0.2) is 42.1 Å². The van der Waals surface area contributed by atoms with Crippen molar-refractivity contribution in [3.63, 3.8) is 0 Å². The summed E-state index contributed by atoms with van der Waals surface area (Å²) in [6, 6.07) is 44.4. The van der Waals surface area contributed by atoms with Crippen molar-refractivity contribution in [2.75, 3.05) is 26.2 Å². The average molecular weight is 545 g/mol. The maximum Gasteiger partial charge on any atom is 0.0651 e. The molecule has 0 N–H and O–H groups in total. The van der Waals surface area contributed by atoms with Crippen LogP contribution >= 0.6 is 0 Å². The Morgan fingerprint density at radius 3 is 1.00 bits per heavy atom. The summed E-state index contributed by atoms with van der Waals surface area (Å²) in [5.74, 6) is 0.724. The lowest BCUT2D eigenvalue weighted by molar-refractivity contribution is -0.0105. The molecule has 0 amide bonds. The van der Waals surface area contributed by atoms with Crippen LogP contribution in [0.15, 0.2) is 121 Å². The van der Waals surface area contributed by atoms with Crippen LogP contribution in [0.4, 0.5) is 0 Å². The SMILES string of the molecule is c1ccc(CCN(CCc2ccccc2)C(C2CCCCC2)N(CCc2ccccc2)CCc2ccccc2)cc1. The molecule has 41 heavy (non-hydrogen) atoms. The molecule has 0 spiro atoms. The van der Waals surface area contributed by atoms with Gasteiger partial charge in [0, 0.05) is 26.2 Å². The molecule has 2 heteroatoms. The van der Waals surface area contributed by atoms with Crippen LogP contribution in [0.2, 0.25) is 0 Å². The molecular weight excluding hydrogens is 496 g/mol. The van der Waals surface area contributed by atoms with E-state index in [-0.39, 0.29) is 0 Å². The zero-order valence-electron chi connectivity index (χ0n) is 24.8. The fourth-order valence-corrected chi connectivity index (χ4v) is 6.68. The first-order valence-electron chi connectivity index (χ1n) is 16.0. The third-order valence-electron chi connectivity index (χ3n) is 8.94. The van der Waals surface area contributed by atoms with Crippen LogP contribution in [0.1, 0.15) is 54.4 Å². The number of rotatable bonds is 15. The van der Waals surface area contributed by atoms with Crippen LogP contribution in [0.3, 0.4) is 0 Å². The molecule has 0 radical (unpaired) electrons. The third-order valence-corrected chi connectivity index (χ3v) is 8.94. The van der Waals surface area contributed by atoms with Crippen LogP contribution in [0.25, 0.3) is 0 Å². The summed E-state index contributed by atoms with van der Waals surface area (Å²) in [7, 11) is 0. The molecule has 1 aliphatic rings. The molecule has 0 aliphatic heterocycles. The van der Waals surface area contributed by atoms with Crippen LogP contribution < -0.4 is 0 Å². The van der Waals surface area contributed by atoms with E-state index >= 15 is 0 Å². The lowest BCUT2D eigenvalue weighted by Crippen LogP contribution is -2.55. The van der Waals surface area contributed by atoms with Crippen molar-refractivity contribution in [3.8, 4) is 0 Å². The summed E-state index contributed by atoms with van der Waals surface area (Å²) in [5.41, 5.74) is 5.78. The molecule has 2 nitrogen and oxygen atoms in total. The normalized spacial score (nSPS) is 14.2. The van der Waals surface area contributed by atoms with Crippen LogP contribution in [-0.2, 0) is 25.7 Å². The zero-order chi connectivity index (χ0) is 28.0. The lowest BCUT2D eigenvalue weighted by Gasteiger charge is -2.46. The predicted octanol–water partition coefficient (Wildman–Crippen LogP) is 8.47. The molecule has 5 rings (SSSR count). The highest BCUT2D eigenvalue weighted by molar-refractivity contribution is 5.18. The van der Waals surface area contributed by atoms with E-state index in [1.807, 2.05) is 0 Å². The van der Waals surface area contributed by atoms with Gasteiger partial charge in [-0.15, -0.1) is 0 Å². The van der Waals surface area contributed by atoms with E-state index in [9.17, 15) is 0 Å². The first-order valence-corrected chi connectivity index (χ1v) is 16.0. The zero-order valence-corrected chi connectivity index (χ0v) is 24.8. The second-order valence-corrected chi connectivity index (χ2v) is 11.8. The fourth-order valence-electron chi connectivity index (χ4n) is 6.68. The Labute approximate surface area is 249 Å². The summed E-state index contributed by atoms with van der Waals surface area (Å²) < 4.78 is 0. The second kappa shape index (κ2) is 16.3. The van der Waals surface area contributed by atoms with E-state index < -0.39 is 0 Å². The van der Waals surface area contributed by atoms with E-state index in [0.717, 1.165) is 57.8 Å². The number of benzene rings is 4. The maximum absolute atomic E-state index is 2.88. The molecule has 0 heterocycles. The van der Waals surface area contributed by atoms with Crippen molar-refractivity contribution in [1.82, 2.24) is 9.80 Å². The first-order chi connectivity index (χ1) is 20.3. The molecule has 0 atom stereocenters. The summed E-state index contributed by atoms with van der Waals surface area (Å²) in [6.07, 6.45) is 11.7. The lowest BCUT2D eigenvalue weighted by atomic mass is 9.85. The topological polar surface area (TPSA) is 6.48 Å². The molecule has 1 fully saturated rings. The summed E-state index contributed by atoms with van der Waals surface area (Å²) >= 11 is 0. The van der Waals surface area contributed by atoms with Gasteiger partial charge >= 0.3 is 0 Å². The largest absolute Gasteiger partial charge is 0.287 e. The smallest absolute Gasteiger partial charge is 0.0651 e. The first kappa shape index (κ1) is 29.3. The molecule has 0 aromatic heterocycles. The van der Waals surface area contributed by atoms with E-state index in [4.69, 9.17) is 0 Å². The van der Waals surface area contributed by atoms with Crippen LogP contribution in [0.5, 0.6) is 0 Å². The Morgan fingerprint density at radius 1 is 0.415 bits per heavy atom. The molecule has 0 bridgehead atoms. The van der Waals surface area contributed by atoms with Gasteiger partial charge in [0.25, 0.3) is 0 Å².